The second-order valence-corrected chi connectivity index (χ2v) is 6.35. The average Bonchev–Trinajstić information content (AvgIpc) is 2.70. The minimum absolute atomic E-state index is 0.199. The van der Waals surface area contributed by atoms with E-state index in [4.69, 9.17) is 0 Å². The van der Waals surface area contributed by atoms with Gasteiger partial charge in [-0.1, -0.05) is 13.3 Å². The summed E-state index contributed by atoms with van der Waals surface area (Å²) in [7, 11) is 0. The molecule has 3 N–H and O–H groups in total. The Morgan fingerprint density at radius 1 is 1.25 bits per heavy atom. The minimum Gasteiger partial charge on any atom is -0.506 e. The van der Waals surface area contributed by atoms with Crippen LogP contribution in [0.3, 0.4) is 0 Å². The van der Waals surface area contributed by atoms with Crippen LogP contribution in [0, 0.1) is 0 Å². The number of benzene rings is 1. The van der Waals surface area contributed by atoms with Gasteiger partial charge in [0.05, 0.1) is 5.52 Å². The lowest BCUT2D eigenvalue weighted by atomic mass is 10.1. The highest BCUT2D eigenvalue weighted by Gasteiger charge is 2.22. The van der Waals surface area contributed by atoms with E-state index < -0.39 is 11.5 Å². The van der Waals surface area contributed by atoms with Crippen LogP contribution in [0.5, 0.6) is 5.75 Å². The summed E-state index contributed by atoms with van der Waals surface area (Å²) < 4.78 is 1.47. The van der Waals surface area contributed by atoms with Gasteiger partial charge in [-0.3, -0.25) is 9.59 Å². The maximum atomic E-state index is 12.9. The van der Waals surface area contributed by atoms with Crippen LogP contribution in [-0.4, -0.2) is 32.3 Å². The highest BCUT2D eigenvalue weighted by molar-refractivity contribution is 6.09. The van der Waals surface area contributed by atoms with Crippen molar-refractivity contribution in [3.8, 4) is 5.75 Å². The topological polar surface area (TPSA) is 109 Å². The molecule has 2 aromatic heterocycles. The molecule has 0 atom stereocenters. The van der Waals surface area contributed by atoms with Crippen LogP contribution in [0.25, 0.3) is 10.9 Å². The fraction of sp³-hybridized carbons (Fsp3) is 0.300. The number of rotatable bonds is 7. The summed E-state index contributed by atoms with van der Waals surface area (Å²) in [6, 6.07) is 8.56. The van der Waals surface area contributed by atoms with Gasteiger partial charge in [0.25, 0.3) is 11.5 Å². The van der Waals surface area contributed by atoms with Gasteiger partial charge in [-0.05, 0) is 43.7 Å². The third-order valence-electron chi connectivity index (χ3n) is 4.45. The van der Waals surface area contributed by atoms with Crippen LogP contribution >= 0.6 is 0 Å². The summed E-state index contributed by atoms with van der Waals surface area (Å²) in [5, 5.41) is 24.5. The predicted molar refractivity (Wildman–Crippen MR) is 109 cm³/mol. The van der Waals surface area contributed by atoms with E-state index in [1.807, 2.05) is 13.0 Å². The smallest absolute Gasteiger partial charge is 0.267 e. The number of hydrogen-bond donors (Lipinski definition) is 3. The van der Waals surface area contributed by atoms with E-state index in [1.54, 1.807) is 24.3 Å². The fourth-order valence-electron chi connectivity index (χ4n) is 3.03. The SMILES string of the molecule is CCCCNc1ccc2c(c1)c(O)c(C(=O)Nc1cccnn1)c(=O)n2CC. The van der Waals surface area contributed by atoms with E-state index in [1.165, 1.54) is 10.8 Å². The number of aromatic nitrogens is 3. The summed E-state index contributed by atoms with van der Waals surface area (Å²) in [6.07, 6.45) is 3.55. The molecule has 3 rings (SSSR count). The number of nitrogens with one attached hydrogen (secondary N) is 2. The van der Waals surface area contributed by atoms with E-state index in [9.17, 15) is 14.7 Å². The van der Waals surface area contributed by atoms with Crippen molar-refractivity contribution in [1.82, 2.24) is 14.8 Å². The zero-order valence-electron chi connectivity index (χ0n) is 15.9. The normalized spacial score (nSPS) is 10.8. The highest BCUT2D eigenvalue weighted by atomic mass is 16.3. The number of carbonyl (C=O) groups excluding carboxylic acids is 1. The van der Waals surface area contributed by atoms with Gasteiger partial charge in [0.1, 0.15) is 11.3 Å². The molecule has 28 heavy (non-hydrogen) atoms. The molecule has 3 aromatic rings. The number of amides is 1. The van der Waals surface area contributed by atoms with Crippen molar-refractivity contribution in [3.05, 3.63) is 52.4 Å². The van der Waals surface area contributed by atoms with Crippen molar-refractivity contribution in [2.45, 2.75) is 33.2 Å². The van der Waals surface area contributed by atoms with E-state index in [-0.39, 0.29) is 17.1 Å². The van der Waals surface area contributed by atoms with Crippen molar-refractivity contribution in [3.63, 3.8) is 0 Å². The third kappa shape index (κ3) is 3.80. The molecule has 0 radical (unpaired) electrons. The Hall–Kier alpha value is -3.42. The van der Waals surface area contributed by atoms with E-state index >= 15 is 0 Å². The van der Waals surface area contributed by atoms with Gasteiger partial charge < -0.3 is 20.3 Å². The number of unbranched alkanes of at least 4 members (excludes halogenated alkanes) is 1. The largest absolute Gasteiger partial charge is 0.506 e. The van der Waals surface area contributed by atoms with Crippen LogP contribution in [0.15, 0.2) is 41.3 Å². The molecular formula is C20H23N5O3. The molecular weight excluding hydrogens is 358 g/mol. The standard InChI is InChI=1S/C20H23N5O3/c1-3-5-10-21-13-8-9-15-14(12-13)18(26)17(20(28)25(15)4-2)19(27)23-16-7-6-11-22-24-16/h6-9,11-12,21,26H,3-5,10H2,1-2H3,(H,23,24,27). The van der Waals surface area contributed by atoms with E-state index in [2.05, 4.69) is 27.8 Å². The number of carbonyl (C=O) groups is 1. The molecule has 146 valence electrons. The predicted octanol–water partition coefficient (Wildman–Crippen LogP) is 2.98. The number of aromatic hydroxyl groups is 1. The minimum atomic E-state index is -0.726. The van der Waals surface area contributed by atoms with E-state index in [0.717, 1.165) is 25.1 Å². The van der Waals surface area contributed by atoms with Crippen LogP contribution in [-0.2, 0) is 6.54 Å². The van der Waals surface area contributed by atoms with Gasteiger partial charge in [-0.25, -0.2) is 0 Å². The van der Waals surface area contributed by atoms with Crippen molar-refractivity contribution in [1.29, 1.82) is 0 Å². The van der Waals surface area contributed by atoms with Crippen molar-refractivity contribution < 1.29 is 9.90 Å². The number of nitrogens with zero attached hydrogens (tertiary/aromatic N) is 3. The Bertz CT molecular complexity index is 1050. The zero-order chi connectivity index (χ0) is 20.1. The van der Waals surface area contributed by atoms with Crippen LogP contribution in [0.4, 0.5) is 11.5 Å². The number of hydrogen-bond acceptors (Lipinski definition) is 6. The molecule has 0 aliphatic carbocycles. The first kappa shape index (κ1) is 19.3. The first-order chi connectivity index (χ1) is 13.6. The molecule has 1 amide bonds. The average molecular weight is 381 g/mol. The molecule has 0 spiro atoms. The maximum Gasteiger partial charge on any atom is 0.267 e. The number of pyridine rings is 1. The van der Waals surface area contributed by atoms with Crippen LogP contribution in [0.1, 0.15) is 37.0 Å². The summed E-state index contributed by atoms with van der Waals surface area (Å²) in [5.74, 6) is -0.869. The molecule has 0 aliphatic heterocycles. The Morgan fingerprint density at radius 3 is 2.75 bits per heavy atom. The number of anilines is 2. The van der Waals surface area contributed by atoms with Gasteiger partial charge in [0.2, 0.25) is 0 Å². The van der Waals surface area contributed by atoms with Crippen LogP contribution in [0.2, 0.25) is 0 Å². The zero-order valence-corrected chi connectivity index (χ0v) is 15.9. The number of aryl methyl sites for hydroxylation is 1. The fourth-order valence-corrected chi connectivity index (χ4v) is 3.03. The van der Waals surface area contributed by atoms with Crippen molar-refractivity contribution >= 4 is 28.3 Å². The molecule has 0 unspecified atom stereocenters. The summed E-state index contributed by atoms with van der Waals surface area (Å²) in [4.78, 5) is 25.5. The Labute approximate surface area is 162 Å². The van der Waals surface area contributed by atoms with Crippen molar-refractivity contribution in [2.24, 2.45) is 0 Å². The molecule has 2 heterocycles. The summed E-state index contributed by atoms with van der Waals surface area (Å²) in [6.45, 7) is 5.09. The van der Waals surface area contributed by atoms with Gasteiger partial charge in [-0.15, -0.1) is 5.10 Å². The Kier molecular flexibility index (Phi) is 5.88. The molecule has 8 nitrogen and oxygen atoms in total. The molecule has 8 heteroatoms. The lowest BCUT2D eigenvalue weighted by Gasteiger charge is -2.15. The van der Waals surface area contributed by atoms with Gasteiger partial charge >= 0.3 is 0 Å². The van der Waals surface area contributed by atoms with Crippen molar-refractivity contribution in [2.75, 3.05) is 17.2 Å². The number of fused-ring (bicyclic) bond motifs is 1. The third-order valence-corrected chi connectivity index (χ3v) is 4.45. The Morgan fingerprint density at radius 2 is 2.07 bits per heavy atom. The molecule has 0 fully saturated rings. The summed E-state index contributed by atoms with van der Waals surface area (Å²) in [5.41, 5.74) is 0.520. The quantitative estimate of drug-likeness (QED) is 0.543. The first-order valence-corrected chi connectivity index (χ1v) is 9.29. The van der Waals surface area contributed by atoms with Gasteiger partial charge in [0, 0.05) is 30.4 Å². The first-order valence-electron chi connectivity index (χ1n) is 9.29. The summed E-state index contributed by atoms with van der Waals surface area (Å²) >= 11 is 0. The monoisotopic (exact) mass is 381 g/mol. The van der Waals surface area contributed by atoms with Crippen LogP contribution < -0.4 is 16.2 Å². The highest BCUT2D eigenvalue weighted by Crippen LogP contribution is 2.29. The second kappa shape index (κ2) is 8.51. The molecule has 0 aliphatic rings. The van der Waals surface area contributed by atoms with Gasteiger partial charge in [-0.2, -0.15) is 5.10 Å². The van der Waals surface area contributed by atoms with Gasteiger partial charge in [0.15, 0.2) is 5.82 Å². The second-order valence-electron chi connectivity index (χ2n) is 6.35. The van der Waals surface area contributed by atoms with E-state index in [0.29, 0.717) is 17.4 Å². The molecule has 0 saturated carbocycles. The lowest BCUT2D eigenvalue weighted by molar-refractivity contribution is 0.102. The lowest BCUT2D eigenvalue weighted by Crippen LogP contribution is -2.29. The molecule has 1 aromatic carbocycles. The molecule has 0 bridgehead atoms. The maximum absolute atomic E-state index is 12.9. The molecule has 0 saturated heterocycles. The Balaban J connectivity index is 2.08.